The lowest BCUT2D eigenvalue weighted by atomic mass is 9.99. The summed E-state index contributed by atoms with van der Waals surface area (Å²) in [6.45, 7) is 4.77. The van der Waals surface area contributed by atoms with Gasteiger partial charge in [-0.2, -0.15) is 5.10 Å². The van der Waals surface area contributed by atoms with E-state index in [0.717, 1.165) is 0 Å². The Kier molecular flexibility index (Phi) is 6.50. The number of nitrogens with one attached hydrogen (secondary N) is 3. The molecule has 1 aromatic carbocycles. The molecule has 170 valence electrons. The van der Waals surface area contributed by atoms with Crippen LogP contribution in [0, 0.1) is 12.8 Å². The number of nitrogens with zero attached hydrogens (tertiary/aromatic N) is 3. The van der Waals surface area contributed by atoms with Gasteiger partial charge in [-0.25, -0.2) is 4.98 Å². The fraction of sp³-hybridized carbons (Fsp3) is 0.500. The number of H-pyrrole nitrogens is 1. The van der Waals surface area contributed by atoms with Crippen LogP contribution < -0.4 is 10.6 Å². The third kappa shape index (κ3) is 4.96. The standard InChI is InChI=1S/C22H28N6O4/c1-13-23-20(27-26-13)19-11-18(25-21(30)15-6-8-32-9-7-15)12-28(19)22(31)16-4-3-5-17(10-16)24-14(2)29/h3-5,10,15,18-19H,6-9,11-12H2,1-2H3,(H,24,29)(H,25,30)(H,23,26,27)/t18-,19-/m0/s1. The Labute approximate surface area is 186 Å². The van der Waals surface area contributed by atoms with E-state index in [1.807, 2.05) is 0 Å². The summed E-state index contributed by atoms with van der Waals surface area (Å²) in [6, 6.07) is 6.26. The number of ether oxygens (including phenoxy) is 1. The zero-order valence-corrected chi connectivity index (χ0v) is 18.3. The Bertz CT molecular complexity index is 1000. The van der Waals surface area contributed by atoms with Gasteiger partial charge in [0.05, 0.1) is 6.04 Å². The normalized spacial score (nSPS) is 21.4. The van der Waals surface area contributed by atoms with Crippen molar-refractivity contribution in [3.8, 4) is 0 Å². The van der Waals surface area contributed by atoms with Gasteiger partial charge >= 0.3 is 0 Å². The van der Waals surface area contributed by atoms with Gasteiger partial charge in [-0.15, -0.1) is 0 Å². The van der Waals surface area contributed by atoms with Crippen molar-refractivity contribution >= 4 is 23.4 Å². The molecule has 10 heteroatoms. The van der Waals surface area contributed by atoms with Crippen LogP contribution in [-0.2, 0) is 14.3 Å². The van der Waals surface area contributed by atoms with Crippen LogP contribution in [0.3, 0.4) is 0 Å². The molecule has 3 amide bonds. The summed E-state index contributed by atoms with van der Waals surface area (Å²) in [6.07, 6.45) is 1.95. The Morgan fingerprint density at radius 2 is 2.00 bits per heavy atom. The quantitative estimate of drug-likeness (QED) is 0.647. The number of hydrogen-bond acceptors (Lipinski definition) is 6. The van der Waals surface area contributed by atoms with Gasteiger partial charge in [0.25, 0.3) is 5.91 Å². The summed E-state index contributed by atoms with van der Waals surface area (Å²) in [5, 5.41) is 12.9. The van der Waals surface area contributed by atoms with E-state index in [2.05, 4.69) is 25.8 Å². The first-order chi connectivity index (χ1) is 15.4. The number of carbonyl (C=O) groups excluding carboxylic acids is 3. The smallest absolute Gasteiger partial charge is 0.254 e. The number of aromatic nitrogens is 3. The van der Waals surface area contributed by atoms with Gasteiger partial charge in [0.1, 0.15) is 5.82 Å². The van der Waals surface area contributed by atoms with Gasteiger partial charge in [0.15, 0.2) is 5.82 Å². The first-order valence-electron chi connectivity index (χ1n) is 10.9. The molecule has 3 heterocycles. The van der Waals surface area contributed by atoms with Gasteiger partial charge in [0.2, 0.25) is 11.8 Å². The molecular weight excluding hydrogens is 412 g/mol. The molecule has 32 heavy (non-hydrogen) atoms. The summed E-state index contributed by atoms with van der Waals surface area (Å²) in [5.41, 5.74) is 1.00. The van der Waals surface area contributed by atoms with Crippen LogP contribution in [0.15, 0.2) is 24.3 Å². The Hall–Kier alpha value is -3.27. The van der Waals surface area contributed by atoms with Gasteiger partial charge in [-0.1, -0.05) is 6.07 Å². The molecule has 2 atom stereocenters. The number of aromatic amines is 1. The Balaban J connectivity index is 1.53. The number of benzene rings is 1. The van der Waals surface area contributed by atoms with Crippen molar-refractivity contribution in [2.45, 2.75) is 45.2 Å². The van der Waals surface area contributed by atoms with Crippen molar-refractivity contribution in [1.29, 1.82) is 0 Å². The predicted molar refractivity (Wildman–Crippen MR) is 116 cm³/mol. The highest BCUT2D eigenvalue weighted by Crippen LogP contribution is 2.32. The molecule has 0 spiro atoms. The summed E-state index contributed by atoms with van der Waals surface area (Å²) in [5.74, 6) is 0.719. The second kappa shape index (κ2) is 9.47. The van der Waals surface area contributed by atoms with E-state index in [9.17, 15) is 14.4 Å². The number of anilines is 1. The van der Waals surface area contributed by atoms with Crippen LogP contribution in [0.4, 0.5) is 5.69 Å². The molecule has 0 radical (unpaired) electrons. The van der Waals surface area contributed by atoms with Crippen molar-refractivity contribution in [3.05, 3.63) is 41.5 Å². The Morgan fingerprint density at radius 3 is 2.69 bits per heavy atom. The second-order valence-electron chi connectivity index (χ2n) is 8.34. The van der Waals surface area contributed by atoms with E-state index in [0.29, 0.717) is 61.9 Å². The second-order valence-corrected chi connectivity index (χ2v) is 8.34. The molecule has 2 aliphatic rings. The van der Waals surface area contributed by atoms with Crippen molar-refractivity contribution in [2.24, 2.45) is 5.92 Å². The molecule has 2 saturated heterocycles. The molecule has 2 fully saturated rings. The number of carbonyl (C=O) groups is 3. The SMILES string of the molecule is CC(=O)Nc1cccc(C(=O)N2C[C@@H](NC(=O)C3CCOCC3)C[C@H]2c2n[nH]c(C)n2)c1. The largest absolute Gasteiger partial charge is 0.381 e. The lowest BCUT2D eigenvalue weighted by Gasteiger charge is -2.24. The van der Waals surface area contributed by atoms with Crippen molar-refractivity contribution in [3.63, 3.8) is 0 Å². The molecule has 2 aromatic rings. The molecule has 4 rings (SSSR count). The van der Waals surface area contributed by atoms with Gasteiger partial charge in [-0.05, 0) is 44.4 Å². The van der Waals surface area contributed by atoms with Gasteiger partial charge in [-0.3, -0.25) is 19.5 Å². The maximum absolute atomic E-state index is 13.4. The third-order valence-electron chi connectivity index (χ3n) is 5.84. The van der Waals surface area contributed by atoms with Crippen LogP contribution in [-0.4, -0.2) is 63.6 Å². The lowest BCUT2D eigenvalue weighted by Crippen LogP contribution is -2.42. The highest BCUT2D eigenvalue weighted by atomic mass is 16.5. The maximum Gasteiger partial charge on any atom is 0.254 e. The van der Waals surface area contributed by atoms with Crippen molar-refractivity contribution < 1.29 is 19.1 Å². The topological polar surface area (TPSA) is 129 Å². The Morgan fingerprint density at radius 1 is 1.22 bits per heavy atom. The van der Waals surface area contributed by atoms with Crippen LogP contribution >= 0.6 is 0 Å². The van der Waals surface area contributed by atoms with E-state index in [4.69, 9.17) is 4.74 Å². The number of likely N-dealkylation sites (tertiary alicyclic amines) is 1. The summed E-state index contributed by atoms with van der Waals surface area (Å²) >= 11 is 0. The minimum atomic E-state index is -0.364. The van der Waals surface area contributed by atoms with Crippen molar-refractivity contribution in [2.75, 3.05) is 25.1 Å². The third-order valence-corrected chi connectivity index (χ3v) is 5.84. The molecule has 0 bridgehead atoms. The minimum absolute atomic E-state index is 0.00479. The summed E-state index contributed by atoms with van der Waals surface area (Å²) in [7, 11) is 0. The molecule has 3 N–H and O–H groups in total. The number of aryl methyl sites for hydroxylation is 1. The monoisotopic (exact) mass is 440 g/mol. The molecule has 0 unspecified atom stereocenters. The first kappa shape index (κ1) is 21.9. The zero-order chi connectivity index (χ0) is 22.7. The van der Waals surface area contributed by atoms with E-state index >= 15 is 0 Å². The number of amides is 3. The van der Waals surface area contributed by atoms with E-state index in [1.165, 1.54) is 6.92 Å². The zero-order valence-electron chi connectivity index (χ0n) is 18.3. The van der Waals surface area contributed by atoms with Crippen LogP contribution in [0.2, 0.25) is 0 Å². The molecule has 2 aliphatic heterocycles. The maximum atomic E-state index is 13.4. The highest BCUT2D eigenvalue weighted by Gasteiger charge is 2.40. The van der Waals surface area contributed by atoms with Crippen LogP contribution in [0.5, 0.6) is 0 Å². The number of hydrogen-bond donors (Lipinski definition) is 3. The average molecular weight is 441 g/mol. The van der Waals surface area contributed by atoms with Gasteiger partial charge in [0, 0.05) is 49.9 Å². The van der Waals surface area contributed by atoms with Gasteiger partial charge < -0.3 is 20.3 Å². The molecule has 1 aromatic heterocycles. The highest BCUT2D eigenvalue weighted by molar-refractivity contribution is 5.97. The minimum Gasteiger partial charge on any atom is -0.381 e. The van der Waals surface area contributed by atoms with Crippen molar-refractivity contribution in [1.82, 2.24) is 25.4 Å². The fourth-order valence-corrected chi connectivity index (χ4v) is 4.30. The molecule has 0 saturated carbocycles. The number of rotatable bonds is 5. The molecule has 10 nitrogen and oxygen atoms in total. The fourth-order valence-electron chi connectivity index (χ4n) is 4.30. The summed E-state index contributed by atoms with van der Waals surface area (Å²) in [4.78, 5) is 43.7. The average Bonchev–Trinajstić information content (AvgIpc) is 3.39. The molecule has 0 aliphatic carbocycles. The predicted octanol–water partition coefficient (Wildman–Crippen LogP) is 1.57. The van der Waals surface area contributed by atoms with Crippen LogP contribution in [0.1, 0.15) is 54.2 Å². The summed E-state index contributed by atoms with van der Waals surface area (Å²) < 4.78 is 5.35. The van der Waals surface area contributed by atoms with E-state index in [1.54, 1.807) is 36.1 Å². The molecular formula is C22H28N6O4. The van der Waals surface area contributed by atoms with Crippen LogP contribution in [0.25, 0.3) is 0 Å². The lowest BCUT2D eigenvalue weighted by molar-refractivity contribution is -0.128. The van der Waals surface area contributed by atoms with E-state index in [-0.39, 0.29) is 35.7 Å². The van der Waals surface area contributed by atoms with E-state index < -0.39 is 0 Å². The first-order valence-corrected chi connectivity index (χ1v) is 10.9.